The number of benzene rings is 1. The van der Waals surface area contributed by atoms with Gasteiger partial charge in [-0.25, -0.2) is 0 Å². The lowest BCUT2D eigenvalue weighted by Gasteiger charge is -2.04. The Balaban J connectivity index is 2.77. The van der Waals surface area contributed by atoms with Crippen molar-refractivity contribution in [2.45, 2.75) is 10.4 Å². The van der Waals surface area contributed by atoms with Crippen molar-refractivity contribution in [3.63, 3.8) is 0 Å². The van der Waals surface area contributed by atoms with E-state index in [0.29, 0.717) is 5.56 Å². The first-order chi connectivity index (χ1) is 6.01. The summed E-state index contributed by atoms with van der Waals surface area (Å²) in [5.41, 5.74) is -3.92. The van der Waals surface area contributed by atoms with Crippen LogP contribution in [-0.4, -0.2) is 5.51 Å². The maximum atomic E-state index is 11.8. The molecule has 0 unspecified atom stereocenters. The van der Waals surface area contributed by atoms with E-state index in [0.717, 1.165) is 0 Å². The number of nitriles is 1. The maximum absolute atomic E-state index is 11.8. The molecule has 5 heteroatoms. The van der Waals surface area contributed by atoms with Crippen molar-refractivity contribution in [2.24, 2.45) is 0 Å². The van der Waals surface area contributed by atoms with Crippen molar-refractivity contribution in [1.29, 1.82) is 5.26 Å². The summed E-state index contributed by atoms with van der Waals surface area (Å²) in [7, 11) is 0. The molecule has 0 amide bonds. The van der Waals surface area contributed by atoms with Crippen LogP contribution in [0, 0.1) is 11.3 Å². The Bertz CT molecular complexity index is 323. The number of nitrogens with zero attached hydrogens (tertiary/aromatic N) is 1. The lowest BCUT2D eigenvalue weighted by atomic mass is 10.2. The van der Waals surface area contributed by atoms with Gasteiger partial charge in [0, 0.05) is 4.90 Å². The lowest BCUT2D eigenvalue weighted by molar-refractivity contribution is -0.0328. The predicted octanol–water partition coefficient (Wildman–Crippen LogP) is 3.17. The lowest BCUT2D eigenvalue weighted by Crippen LogP contribution is -1.98. The molecule has 1 aromatic carbocycles. The molecule has 0 radical (unpaired) electrons. The first-order valence-electron chi connectivity index (χ1n) is 3.27. The highest BCUT2D eigenvalue weighted by molar-refractivity contribution is 8.00. The van der Waals surface area contributed by atoms with Crippen LogP contribution in [0.4, 0.5) is 13.2 Å². The third-order valence-electron chi connectivity index (χ3n) is 1.22. The van der Waals surface area contributed by atoms with E-state index in [9.17, 15) is 13.2 Å². The van der Waals surface area contributed by atoms with E-state index < -0.39 is 5.51 Å². The average molecular weight is 203 g/mol. The molecule has 1 nitrogen and oxygen atoms in total. The van der Waals surface area contributed by atoms with E-state index in [4.69, 9.17) is 5.26 Å². The molecule has 1 rings (SSSR count). The standard InChI is InChI=1S/C8H4F3NS/c9-8(10,11)13-7-3-1-6(5-12)2-4-7/h1-4H. The molecular weight excluding hydrogens is 199 g/mol. The van der Waals surface area contributed by atoms with Crippen molar-refractivity contribution >= 4 is 11.8 Å². The Hall–Kier alpha value is -1.15. The van der Waals surface area contributed by atoms with Gasteiger partial charge in [-0.2, -0.15) is 18.4 Å². The van der Waals surface area contributed by atoms with Gasteiger partial charge < -0.3 is 0 Å². The summed E-state index contributed by atoms with van der Waals surface area (Å²) in [5, 5.41) is 8.38. The molecule has 0 heterocycles. The molecule has 0 aliphatic carbocycles. The Morgan fingerprint density at radius 1 is 1.15 bits per heavy atom. The van der Waals surface area contributed by atoms with Crippen LogP contribution in [0.15, 0.2) is 29.2 Å². The van der Waals surface area contributed by atoms with Crippen LogP contribution in [0.3, 0.4) is 0 Å². The summed E-state index contributed by atoms with van der Waals surface area (Å²) in [6.45, 7) is 0. The number of halogens is 3. The van der Waals surface area contributed by atoms with Crippen LogP contribution >= 0.6 is 11.8 Å². The van der Waals surface area contributed by atoms with Crippen LogP contribution in [0.5, 0.6) is 0 Å². The fourth-order valence-electron chi connectivity index (χ4n) is 0.731. The van der Waals surface area contributed by atoms with Gasteiger partial charge in [-0.1, -0.05) is 0 Å². The molecule has 1 aromatic rings. The van der Waals surface area contributed by atoms with Gasteiger partial charge in [-0.05, 0) is 36.0 Å². The van der Waals surface area contributed by atoms with Crippen molar-refractivity contribution in [3.8, 4) is 6.07 Å². The highest BCUT2D eigenvalue weighted by Crippen LogP contribution is 2.36. The van der Waals surface area contributed by atoms with Crippen LogP contribution in [0.1, 0.15) is 5.56 Å². The quantitative estimate of drug-likeness (QED) is 0.654. The van der Waals surface area contributed by atoms with Crippen LogP contribution in [0.2, 0.25) is 0 Å². The highest BCUT2D eigenvalue weighted by atomic mass is 32.2. The molecule has 0 N–H and O–H groups in total. The van der Waals surface area contributed by atoms with Crippen molar-refractivity contribution in [1.82, 2.24) is 0 Å². The normalized spacial score (nSPS) is 10.9. The molecule has 0 aliphatic heterocycles. The average Bonchev–Trinajstić information content (AvgIpc) is 2.03. The molecular formula is C8H4F3NS. The minimum absolute atomic E-state index is 0.0894. The van der Waals surface area contributed by atoms with Gasteiger partial charge in [0.15, 0.2) is 0 Å². The van der Waals surface area contributed by atoms with Gasteiger partial charge in [0.2, 0.25) is 0 Å². The third kappa shape index (κ3) is 3.38. The van der Waals surface area contributed by atoms with E-state index in [1.807, 2.05) is 6.07 Å². The van der Waals surface area contributed by atoms with Crippen LogP contribution in [0.25, 0.3) is 0 Å². The van der Waals surface area contributed by atoms with E-state index >= 15 is 0 Å². The number of hydrogen-bond donors (Lipinski definition) is 0. The second-order valence-corrected chi connectivity index (χ2v) is 3.32. The van der Waals surface area contributed by atoms with Gasteiger partial charge in [-0.3, -0.25) is 0 Å². The van der Waals surface area contributed by atoms with Crippen molar-refractivity contribution in [3.05, 3.63) is 29.8 Å². The summed E-state index contributed by atoms with van der Waals surface area (Å²) in [4.78, 5) is 0.0894. The molecule has 0 saturated heterocycles. The zero-order chi connectivity index (χ0) is 9.90. The van der Waals surface area contributed by atoms with Crippen LogP contribution < -0.4 is 0 Å². The predicted molar refractivity (Wildman–Crippen MR) is 43.1 cm³/mol. The second kappa shape index (κ2) is 3.71. The SMILES string of the molecule is N#Cc1ccc(SC(F)(F)F)cc1. The fourth-order valence-corrected chi connectivity index (χ4v) is 1.27. The topological polar surface area (TPSA) is 23.8 Å². The monoisotopic (exact) mass is 203 g/mol. The Kier molecular flexibility index (Phi) is 2.83. The number of thioether (sulfide) groups is 1. The minimum Gasteiger partial charge on any atom is -0.192 e. The van der Waals surface area contributed by atoms with Gasteiger partial charge >= 0.3 is 5.51 Å². The summed E-state index contributed by atoms with van der Waals surface area (Å²) < 4.78 is 35.5. The molecule has 0 spiro atoms. The molecule has 0 aliphatic rings. The zero-order valence-electron chi connectivity index (χ0n) is 6.30. The molecule has 68 valence electrons. The van der Waals surface area contributed by atoms with Gasteiger partial charge in [-0.15, -0.1) is 0 Å². The van der Waals surface area contributed by atoms with Crippen molar-refractivity contribution < 1.29 is 13.2 Å². The zero-order valence-corrected chi connectivity index (χ0v) is 7.12. The highest BCUT2D eigenvalue weighted by Gasteiger charge is 2.28. The molecule has 0 fully saturated rings. The molecule has 0 aromatic heterocycles. The summed E-state index contributed by atoms with van der Waals surface area (Å²) in [6.07, 6.45) is 0. The second-order valence-electron chi connectivity index (χ2n) is 2.18. The smallest absolute Gasteiger partial charge is 0.192 e. The van der Waals surface area contributed by atoms with E-state index in [1.165, 1.54) is 24.3 Å². The summed E-state index contributed by atoms with van der Waals surface area (Å²) >= 11 is -0.189. The summed E-state index contributed by atoms with van der Waals surface area (Å²) in [6, 6.07) is 7.09. The number of hydrogen-bond acceptors (Lipinski definition) is 2. The van der Waals surface area contributed by atoms with E-state index in [2.05, 4.69) is 0 Å². The third-order valence-corrected chi connectivity index (χ3v) is 1.96. The first-order valence-corrected chi connectivity index (χ1v) is 4.09. The largest absolute Gasteiger partial charge is 0.446 e. The van der Waals surface area contributed by atoms with E-state index in [1.54, 1.807) is 0 Å². The summed E-state index contributed by atoms with van der Waals surface area (Å²) in [5.74, 6) is 0. The van der Waals surface area contributed by atoms with Gasteiger partial charge in [0.25, 0.3) is 0 Å². The Morgan fingerprint density at radius 2 is 1.69 bits per heavy atom. The molecule has 0 bridgehead atoms. The Labute approximate surface area is 77.2 Å². The van der Waals surface area contributed by atoms with Crippen LogP contribution in [-0.2, 0) is 0 Å². The number of rotatable bonds is 1. The van der Waals surface area contributed by atoms with Gasteiger partial charge in [0.05, 0.1) is 11.6 Å². The maximum Gasteiger partial charge on any atom is 0.446 e. The fraction of sp³-hybridized carbons (Fsp3) is 0.125. The Morgan fingerprint density at radius 3 is 2.08 bits per heavy atom. The van der Waals surface area contributed by atoms with E-state index in [-0.39, 0.29) is 16.7 Å². The number of alkyl halides is 3. The minimum atomic E-state index is -4.27. The first kappa shape index (κ1) is 9.93. The van der Waals surface area contributed by atoms with Gasteiger partial charge in [0.1, 0.15) is 0 Å². The molecule has 0 saturated carbocycles. The van der Waals surface area contributed by atoms with Crippen molar-refractivity contribution in [2.75, 3.05) is 0 Å². The molecule has 13 heavy (non-hydrogen) atoms. The molecule has 0 atom stereocenters.